The van der Waals surface area contributed by atoms with E-state index in [-0.39, 0.29) is 6.42 Å². The normalized spacial score (nSPS) is 29.1. The molecule has 2 unspecified atom stereocenters. The van der Waals surface area contributed by atoms with Crippen molar-refractivity contribution in [1.82, 2.24) is 5.32 Å². The Kier molecular flexibility index (Phi) is 4.23. The van der Waals surface area contributed by atoms with Crippen LogP contribution in [0.25, 0.3) is 0 Å². The monoisotopic (exact) mass is 209 g/mol. The molecule has 1 saturated heterocycles. The minimum Gasteiger partial charge on any atom is -0.312 e. The molecule has 1 aliphatic rings. The molecule has 4 heteroatoms. The highest BCUT2D eigenvalue weighted by Crippen LogP contribution is 2.24. The van der Waals surface area contributed by atoms with E-state index in [4.69, 9.17) is 0 Å². The van der Waals surface area contributed by atoms with Gasteiger partial charge in [-0.25, -0.2) is 0 Å². The second kappa shape index (κ2) is 5.01. The van der Waals surface area contributed by atoms with Crippen LogP contribution in [0.3, 0.4) is 0 Å². The van der Waals surface area contributed by atoms with E-state index in [1.165, 1.54) is 0 Å². The summed E-state index contributed by atoms with van der Waals surface area (Å²) in [5.41, 5.74) is 0. The second-order valence-corrected chi connectivity index (χ2v) is 4.20. The van der Waals surface area contributed by atoms with Crippen LogP contribution in [-0.2, 0) is 0 Å². The summed E-state index contributed by atoms with van der Waals surface area (Å²) in [5.74, 6) is 0. The molecule has 1 rings (SSSR count). The molecule has 0 amide bonds. The van der Waals surface area contributed by atoms with Gasteiger partial charge in [-0.2, -0.15) is 13.2 Å². The smallest absolute Gasteiger partial charge is 0.312 e. The Balaban J connectivity index is 2.12. The van der Waals surface area contributed by atoms with Crippen LogP contribution in [0.1, 0.15) is 45.4 Å². The summed E-state index contributed by atoms with van der Waals surface area (Å²) < 4.78 is 35.6. The first-order valence-corrected chi connectivity index (χ1v) is 5.30. The van der Waals surface area contributed by atoms with Crippen molar-refractivity contribution in [3.8, 4) is 0 Å². The fraction of sp³-hybridized carbons (Fsp3) is 1.00. The summed E-state index contributed by atoms with van der Waals surface area (Å²) in [7, 11) is 0. The van der Waals surface area contributed by atoms with Crippen molar-refractivity contribution >= 4 is 0 Å². The highest BCUT2D eigenvalue weighted by Gasteiger charge is 2.27. The lowest BCUT2D eigenvalue weighted by Gasteiger charge is -2.28. The number of hydrogen-bond donors (Lipinski definition) is 1. The zero-order chi connectivity index (χ0) is 10.6. The summed E-state index contributed by atoms with van der Waals surface area (Å²) >= 11 is 0. The topological polar surface area (TPSA) is 12.0 Å². The van der Waals surface area contributed by atoms with E-state index >= 15 is 0 Å². The van der Waals surface area contributed by atoms with Gasteiger partial charge in [0.1, 0.15) is 0 Å². The van der Waals surface area contributed by atoms with Crippen LogP contribution in [0.15, 0.2) is 0 Å². The summed E-state index contributed by atoms with van der Waals surface area (Å²) in [4.78, 5) is 0. The maximum absolute atomic E-state index is 11.9. The van der Waals surface area contributed by atoms with Crippen molar-refractivity contribution in [3.63, 3.8) is 0 Å². The SMILES string of the molecule is CC1CCCC(CCCC(F)(F)F)N1. The summed E-state index contributed by atoms with van der Waals surface area (Å²) in [5, 5.41) is 3.34. The first kappa shape index (κ1) is 11.8. The predicted molar refractivity (Wildman–Crippen MR) is 50.1 cm³/mol. The third-order valence-corrected chi connectivity index (χ3v) is 2.72. The van der Waals surface area contributed by atoms with Crippen molar-refractivity contribution in [3.05, 3.63) is 0 Å². The Morgan fingerprint density at radius 2 is 2.00 bits per heavy atom. The van der Waals surface area contributed by atoms with Gasteiger partial charge in [-0.3, -0.25) is 0 Å². The second-order valence-electron chi connectivity index (χ2n) is 4.20. The molecular formula is C10H18F3N. The Labute approximate surface area is 83.1 Å². The van der Waals surface area contributed by atoms with Gasteiger partial charge in [0, 0.05) is 18.5 Å². The molecule has 0 saturated carbocycles. The van der Waals surface area contributed by atoms with Gasteiger partial charge >= 0.3 is 6.18 Å². The maximum atomic E-state index is 11.9. The standard InChI is InChI=1S/C10H18F3N/c1-8-4-2-5-9(14-8)6-3-7-10(11,12)13/h8-9,14H,2-7H2,1H3. The molecule has 0 spiro atoms. The van der Waals surface area contributed by atoms with E-state index in [0.29, 0.717) is 18.5 Å². The minimum absolute atomic E-state index is 0.258. The number of piperidine rings is 1. The lowest BCUT2D eigenvalue weighted by atomic mass is 9.96. The Hall–Kier alpha value is -0.250. The number of halogens is 3. The van der Waals surface area contributed by atoms with Gasteiger partial charge in [0.25, 0.3) is 0 Å². The molecule has 1 fully saturated rings. The molecule has 0 aliphatic carbocycles. The van der Waals surface area contributed by atoms with Crippen molar-refractivity contribution in [2.45, 2.75) is 63.7 Å². The Morgan fingerprint density at radius 1 is 1.29 bits per heavy atom. The molecule has 0 aromatic heterocycles. The molecule has 14 heavy (non-hydrogen) atoms. The third-order valence-electron chi connectivity index (χ3n) is 2.72. The lowest BCUT2D eigenvalue weighted by Crippen LogP contribution is -2.40. The molecule has 0 aromatic rings. The molecule has 84 valence electrons. The van der Waals surface area contributed by atoms with E-state index in [9.17, 15) is 13.2 Å². The third kappa shape index (κ3) is 4.84. The van der Waals surface area contributed by atoms with E-state index in [2.05, 4.69) is 12.2 Å². The van der Waals surface area contributed by atoms with Crippen molar-refractivity contribution < 1.29 is 13.2 Å². The molecule has 0 radical (unpaired) electrons. The molecule has 0 bridgehead atoms. The highest BCUT2D eigenvalue weighted by molar-refractivity contribution is 4.77. The van der Waals surface area contributed by atoms with Gasteiger partial charge < -0.3 is 5.32 Å². The Morgan fingerprint density at radius 3 is 2.57 bits per heavy atom. The first-order chi connectivity index (χ1) is 6.47. The van der Waals surface area contributed by atoms with Crippen molar-refractivity contribution in [2.24, 2.45) is 0 Å². The van der Waals surface area contributed by atoms with Gasteiger partial charge in [-0.05, 0) is 32.6 Å². The highest BCUT2D eigenvalue weighted by atomic mass is 19.4. The molecule has 1 aliphatic heterocycles. The zero-order valence-corrected chi connectivity index (χ0v) is 8.53. The zero-order valence-electron chi connectivity index (χ0n) is 8.53. The fourth-order valence-electron chi connectivity index (χ4n) is 2.02. The summed E-state index contributed by atoms with van der Waals surface area (Å²) in [6, 6.07) is 0.778. The molecule has 2 atom stereocenters. The van der Waals surface area contributed by atoms with E-state index in [0.717, 1.165) is 19.3 Å². The molecule has 0 aromatic carbocycles. The largest absolute Gasteiger partial charge is 0.389 e. The lowest BCUT2D eigenvalue weighted by molar-refractivity contribution is -0.135. The first-order valence-electron chi connectivity index (χ1n) is 5.30. The molecule has 1 heterocycles. The molecule has 1 N–H and O–H groups in total. The van der Waals surface area contributed by atoms with Crippen LogP contribution in [0.5, 0.6) is 0 Å². The fourth-order valence-corrected chi connectivity index (χ4v) is 2.02. The number of rotatable bonds is 3. The minimum atomic E-state index is -3.99. The van der Waals surface area contributed by atoms with Gasteiger partial charge in [0.2, 0.25) is 0 Å². The van der Waals surface area contributed by atoms with E-state index < -0.39 is 12.6 Å². The predicted octanol–water partition coefficient (Wildman–Crippen LogP) is 3.25. The van der Waals surface area contributed by atoms with Gasteiger partial charge in [0.15, 0.2) is 0 Å². The molecule has 1 nitrogen and oxygen atoms in total. The Bertz CT molecular complexity index is 167. The van der Waals surface area contributed by atoms with Crippen LogP contribution in [0.4, 0.5) is 13.2 Å². The van der Waals surface area contributed by atoms with Crippen LogP contribution in [0.2, 0.25) is 0 Å². The van der Waals surface area contributed by atoms with Crippen LogP contribution in [-0.4, -0.2) is 18.3 Å². The number of nitrogens with one attached hydrogen (secondary N) is 1. The van der Waals surface area contributed by atoms with Crippen molar-refractivity contribution in [2.75, 3.05) is 0 Å². The quantitative estimate of drug-likeness (QED) is 0.752. The summed E-state index contributed by atoms with van der Waals surface area (Å²) in [6.45, 7) is 2.09. The van der Waals surface area contributed by atoms with Crippen LogP contribution < -0.4 is 5.32 Å². The van der Waals surface area contributed by atoms with E-state index in [1.54, 1.807) is 0 Å². The van der Waals surface area contributed by atoms with Gasteiger partial charge in [0.05, 0.1) is 0 Å². The average molecular weight is 209 g/mol. The van der Waals surface area contributed by atoms with Crippen LogP contribution in [0, 0.1) is 0 Å². The van der Waals surface area contributed by atoms with Gasteiger partial charge in [-0.1, -0.05) is 6.42 Å². The number of hydrogen-bond acceptors (Lipinski definition) is 1. The number of alkyl halides is 3. The maximum Gasteiger partial charge on any atom is 0.389 e. The van der Waals surface area contributed by atoms with E-state index in [1.807, 2.05) is 0 Å². The van der Waals surface area contributed by atoms with Crippen LogP contribution >= 0.6 is 0 Å². The molecular weight excluding hydrogens is 191 g/mol. The summed E-state index contributed by atoms with van der Waals surface area (Å²) in [6.07, 6.45) is -0.388. The van der Waals surface area contributed by atoms with Gasteiger partial charge in [-0.15, -0.1) is 0 Å². The average Bonchev–Trinajstić information content (AvgIpc) is 2.01. The van der Waals surface area contributed by atoms with Crippen molar-refractivity contribution in [1.29, 1.82) is 0 Å².